The smallest absolute Gasteiger partial charge is 0.272 e. The van der Waals surface area contributed by atoms with Crippen LogP contribution in [0.4, 0.5) is 8.78 Å². The third kappa shape index (κ3) is 4.58. The Morgan fingerprint density at radius 3 is 2.93 bits per heavy atom. The number of ether oxygens (including phenoxy) is 1. The van der Waals surface area contributed by atoms with Crippen LogP contribution >= 0.6 is 0 Å². The van der Waals surface area contributed by atoms with E-state index in [0.717, 1.165) is 0 Å². The molecule has 0 spiro atoms. The van der Waals surface area contributed by atoms with Crippen molar-refractivity contribution in [1.29, 1.82) is 0 Å². The number of carbonyl (C=O) groups is 1. The second-order valence-corrected chi connectivity index (χ2v) is 6.04. The lowest BCUT2D eigenvalue weighted by atomic mass is 10.2. The molecule has 0 aromatic carbocycles. The van der Waals surface area contributed by atoms with E-state index in [2.05, 4.69) is 20.4 Å². The maximum absolute atomic E-state index is 12.3. The van der Waals surface area contributed by atoms with E-state index in [-0.39, 0.29) is 18.8 Å². The molecule has 0 atom stereocenters. The van der Waals surface area contributed by atoms with E-state index >= 15 is 0 Å². The quantitative estimate of drug-likeness (QED) is 0.604. The molecule has 0 aliphatic heterocycles. The molecule has 0 bridgehead atoms. The Kier molecular flexibility index (Phi) is 6.09. The third-order valence-electron chi connectivity index (χ3n) is 3.90. The van der Waals surface area contributed by atoms with Crippen LogP contribution in [0.2, 0.25) is 0 Å². The topological polar surface area (TPSA) is 102 Å². The first-order chi connectivity index (χ1) is 13.5. The van der Waals surface area contributed by atoms with E-state index in [0.29, 0.717) is 34.5 Å². The van der Waals surface area contributed by atoms with Crippen molar-refractivity contribution < 1.29 is 23.4 Å². The largest absolute Gasteiger partial charge is 0.486 e. The van der Waals surface area contributed by atoms with Gasteiger partial charge in [-0.05, 0) is 24.6 Å². The van der Waals surface area contributed by atoms with Gasteiger partial charge in [-0.1, -0.05) is 0 Å². The molecule has 0 saturated carbocycles. The minimum Gasteiger partial charge on any atom is -0.486 e. The number of amides is 1. The summed E-state index contributed by atoms with van der Waals surface area (Å²) in [5.74, 6) is -0.0876. The van der Waals surface area contributed by atoms with Crippen molar-refractivity contribution in [2.45, 2.75) is 19.9 Å². The highest BCUT2D eigenvalue weighted by Crippen LogP contribution is 2.20. The Morgan fingerprint density at radius 2 is 2.21 bits per heavy atom. The van der Waals surface area contributed by atoms with E-state index in [1.165, 1.54) is 12.4 Å². The van der Waals surface area contributed by atoms with E-state index < -0.39 is 18.9 Å². The van der Waals surface area contributed by atoms with Crippen molar-refractivity contribution in [3.8, 4) is 5.75 Å². The first-order valence-corrected chi connectivity index (χ1v) is 8.55. The number of aliphatic hydroxyl groups excluding tert-OH is 1. The second kappa shape index (κ2) is 8.70. The van der Waals surface area contributed by atoms with Crippen molar-refractivity contribution in [2.75, 3.05) is 19.8 Å². The van der Waals surface area contributed by atoms with Gasteiger partial charge in [-0.2, -0.15) is 5.10 Å². The average molecular weight is 391 g/mol. The number of aryl methyl sites for hydroxylation is 1. The Bertz CT molecular complexity index is 977. The maximum atomic E-state index is 12.3. The van der Waals surface area contributed by atoms with Crippen molar-refractivity contribution in [3.05, 3.63) is 47.7 Å². The Morgan fingerprint density at radius 1 is 1.39 bits per heavy atom. The average Bonchev–Trinajstić information content (AvgIpc) is 3.07. The minimum atomic E-state index is -2.55. The molecule has 10 heteroatoms. The second-order valence-electron chi connectivity index (χ2n) is 6.04. The lowest BCUT2D eigenvalue weighted by Crippen LogP contribution is -2.27. The number of hydrogen-bond donors (Lipinski definition) is 2. The van der Waals surface area contributed by atoms with Crippen LogP contribution in [0.25, 0.3) is 10.9 Å². The van der Waals surface area contributed by atoms with Gasteiger partial charge in [-0.15, -0.1) is 0 Å². The number of pyridine rings is 2. The van der Waals surface area contributed by atoms with Gasteiger partial charge in [0.25, 0.3) is 12.3 Å². The molecule has 0 saturated heterocycles. The monoisotopic (exact) mass is 391 g/mol. The first-order valence-electron chi connectivity index (χ1n) is 8.55. The Hall–Kier alpha value is -3.14. The number of alkyl halides is 2. The molecule has 3 heterocycles. The molecule has 0 fully saturated rings. The summed E-state index contributed by atoms with van der Waals surface area (Å²) in [5, 5.41) is 16.4. The fourth-order valence-electron chi connectivity index (χ4n) is 2.67. The number of aliphatic hydroxyl groups is 1. The van der Waals surface area contributed by atoms with Gasteiger partial charge in [0.1, 0.15) is 18.1 Å². The molecular weight excluding hydrogens is 372 g/mol. The molecule has 28 heavy (non-hydrogen) atoms. The Balaban J connectivity index is 1.79. The summed E-state index contributed by atoms with van der Waals surface area (Å²) in [6.45, 7) is 1.36. The highest BCUT2D eigenvalue weighted by atomic mass is 19.3. The predicted molar refractivity (Wildman–Crippen MR) is 96.5 cm³/mol. The summed E-state index contributed by atoms with van der Waals surface area (Å²) >= 11 is 0. The van der Waals surface area contributed by atoms with E-state index in [4.69, 9.17) is 9.84 Å². The molecule has 3 aromatic heterocycles. The number of fused-ring (bicyclic) bond motifs is 1. The molecule has 3 aromatic rings. The number of hydrogen-bond acceptors (Lipinski definition) is 6. The van der Waals surface area contributed by atoms with Crippen LogP contribution in [-0.2, 0) is 6.54 Å². The molecular formula is C18H19F2N5O3. The Labute approximate surface area is 159 Å². The number of nitrogens with one attached hydrogen (secondary N) is 1. The van der Waals surface area contributed by atoms with Gasteiger partial charge in [-0.25, -0.2) is 8.78 Å². The molecule has 148 valence electrons. The number of aromatic nitrogens is 4. The van der Waals surface area contributed by atoms with Crippen LogP contribution in [0.5, 0.6) is 5.75 Å². The minimum absolute atomic E-state index is 0.133. The summed E-state index contributed by atoms with van der Waals surface area (Å²) in [7, 11) is 0. The van der Waals surface area contributed by atoms with Crippen LogP contribution in [-0.4, -0.2) is 56.9 Å². The van der Waals surface area contributed by atoms with Crippen molar-refractivity contribution in [2.24, 2.45) is 0 Å². The van der Waals surface area contributed by atoms with E-state index in [1.54, 1.807) is 29.9 Å². The highest BCUT2D eigenvalue weighted by molar-refractivity contribution is 6.04. The lowest BCUT2D eigenvalue weighted by molar-refractivity contribution is 0.0813. The standard InChI is InChI=1S/C18H19F2N5O3/c1-11-6-12(23-7-15(11)28-10-16(19)20)8-25-9-13-14(24-25)2-3-21-17(13)18(27)22-4-5-26/h2-3,6-7,9,16,26H,4-5,8,10H2,1H3,(H,22,27). The maximum Gasteiger partial charge on any atom is 0.272 e. The fraction of sp³-hybridized carbons (Fsp3) is 0.333. The molecule has 8 nitrogen and oxygen atoms in total. The van der Waals surface area contributed by atoms with Crippen LogP contribution in [0.3, 0.4) is 0 Å². The lowest BCUT2D eigenvalue weighted by Gasteiger charge is -2.09. The summed E-state index contributed by atoms with van der Waals surface area (Å²) < 4.78 is 31.2. The van der Waals surface area contributed by atoms with Crippen molar-refractivity contribution in [3.63, 3.8) is 0 Å². The molecule has 0 aliphatic carbocycles. The number of carbonyl (C=O) groups excluding carboxylic acids is 1. The first kappa shape index (κ1) is 19.6. The van der Waals surface area contributed by atoms with Gasteiger partial charge in [0.05, 0.1) is 35.9 Å². The normalized spacial score (nSPS) is 11.2. The van der Waals surface area contributed by atoms with Crippen LogP contribution in [0.1, 0.15) is 21.7 Å². The molecule has 2 N–H and O–H groups in total. The van der Waals surface area contributed by atoms with Gasteiger partial charge >= 0.3 is 0 Å². The zero-order valence-electron chi connectivity index (χ0n) is 15.1. The van der Waals surface area contributed by atoms with E-state index in [9.17, 15) is 13.6 Å². The predicted octanol–water partition coefficient (Wildman–Crippen LogP) is 1.55. The van der Waals surface area contributed by atoms with Gasteiger partial charge in [0.15, 0.2) is 0 Å². The SMILES string of the molecule is Cc1cc(Cn2cc3c(C(=O)NCCO)nccc3n2)ncc1OCC(F)F. The van der Waals surface area contributed by atoms with Crippen LogP contribution in [0, 0.1) is 6.92 Å². The summed E-state index contributed by atoms with van der Waals surface area (Å²) in [6, 6.07) is 3.43. The molecule has 0 aliphatic rings. The summed E-state index contributed by atoms with van der Waals surface area (Å²) in [6.07, 6.45) is 2.04. The van der Waals surface area contributed by atoms with Crippen LogP contribution < -0.4 is 10.1 Å². The molecule has 1 amide bonds. The van der Waals surface area contributed by atoms with Gasteiger partial charge in [-0.3, -0.25) is 19.4 Å². The summed E-state index contributed by atoms with van der Waals surface area (Å²) in [4.78, 5) is 20.5. The van der Waals surface area contributed by atoms with E-state index in [1.807, 2.05) is 0 Å². The van der Waals surface area contributed by atoms with Gasteiger partial charge in [0, 0.05) is 18.9 Å². The summed E-state index contributed by atoms with van der Waals surface area (Å²) in [5.41, 5.74) is 2.16. The number of nitrogens with zero attached hydrogens (tertiary/aromatic N) is 4. The zero-order chi connectivity index (χ0) is 20.1. The highest BCUT2D eigenvalue weighted by Gasteiger charge is 2.14. The van der Waals surface area contributed by atoms with Crippen LogP contribution in [0.15, 0.2) is 30.7 Å². The third-order valence-corrected chi connectivity index (χ3v) is 3.90. The van der Waals surface area contributed by atoms with Crippen molar-refractivity contribution in [1.82, 2.24) is 25.1 Å². The van der Waals surface area contributed by atoms with Gasteiger partial charge in [0.2, 0.25) is 0 Å². The fourth-order valence-corrected chi connectivity index (χ4v) is 2.67. The zero-order valence-corrected chi connectivity index (χ0v) is 15.1. The molecule has 3 rings (SSSR count). The number of halogens is 2. The van der Waals surface area contributed by atoms with Crippen molar-refractivity contribution >= 4 is 16.8 Å². The van der Waals surface area contributed by atoms with Gasteiger partial charge < -0.3 is 15.2 Å². The number of rotatable bonds is 8. The molecule has 0 radical (unpaired) electrons. The molecule has 0 unspecified atom stereocenters.